The average Bonchev–Trinajstić information content (AvgIpc) is 2.66. The van der Waals surface area contributed by atoms with Crippen molar-refractivity contribution in [1.29, 1.82) is 0 Å². The van der Waals surface area contributed by atoms with Gasteiger partial charge in [0.15, 0.2) is 6.61 Å². The quantitative estimate of drug-likeness (QED) is 0.851. The van der Waals surface area contributed by atoms with Crippen LogP contribution in [0.3, 0.4) is 0 Å². The van der Waals surface area contributed by atoms with Gasteiger partial charge < -0.3 is 20.3 Å². The zero-order valence-corrected chi connectivity index (χ0v) is 16.6. The maximum absolute atomic E-state index is 12.9. The van der Waals surface area contributed by atoms with E-state index in [-0.39, 0.29) is 24.3 Å². The predicted molar refractivity (Wildman–Crippen MR) is 105 cm³/mol. The molecule has 3 rings (SSSR count). The van der Waals surface area contributed by atoms with Crippen LogP contribution in [0.25, 0.3) is 0 Å². The number of ether oxygens (including phenoxy) is 1. The smallest absolute Gasteiger partial charge is 0.260 e. The fraction of sp³-hybridized carbons (Fsp3) is 0.600. The van der Waals surface area contributed by atoms with Crippen molar-refractivity contribution in [3.8, 4) is 5.75 Å². The van der Waals surface area contributed by atoms with Crippen molar-refractivity contribution in [3.05, 3.63) is 29.3 Å². The lowest BCUT2D eigenvalue weighted by atomic mass is 9.74. The van der Waals surface area contributed by atoms with Crippen LogP contribution in [0.15, 0.2) is 24.3 Å². The van der Waals surface area contributed by atoms with Gasteiger partial charge in [-0.25, -0.2) is 0 Å². The lowest BCUT2D eigenvalue weighted by molar-refractivity contribution is -0.145. The van der Waals surface area contributed by atoms with Crippen LogP contribution in [0.1, 0.15) is 32.6 Å². The van der Waals surface area contributed by atoms with E-state index in [9.17, 15) is 9.59 Å². The molecule has 148 valence electrons. The van der Waals surface area contributed by atoms with Crippen LogP contribution in [0.5, 0.6) is 5.75 Å². The lowest BCUT2D eigenvalue weighted by Crippen LogP contribution is -2.58. The van der Waals surface area contributed by atoms with Crippen LogP contribution in [0.2, 0.25) is 5.02 Å². The van der Waals surface area contributed by atoms with Crippen molar-refractivity contribution in [3.63, 3.8) is 0 Å². The third-order valence-corrected chi connectivity index (χ3v) is 5.92. The molecule has 0 aromatic heterocycles. The van der Waals surface area contributed by atoms with E-state index < -0.39 is 5.54 Å². The van der Waals surface area contributed by atoms with E-state index in [4.69, 9.17) is 22.1 Å². The first-order chi connectivity index (χ1) is 12.9. The minimum Gasteiger partial charge on any atom is -0.484 e. The third-order valence-electron chi connectivity index (χ3n) is 5.67. The van der Waals surface area contributed by atoms with Crippen LogP contribution in [-0.2, 0) is 9.59 Å². The number of rotatable bonds is 4. The highest BCUT2D eigenvalue weighted by Crippen LogP contribution is 2.33. The predicted octanol–water partition coefficient (Wildman–Crippen LogP) is 2.30. The molecule has 1 saturated carbocycles. The van der Waals surface area contributed by atoms with Gasteiger partial charge >= 0.3 is 0 Å². The second-order valence-electron chi connectivity index (χ2n) is 7.75. The van der Waals surface area contributed by atoms with Gasteiger partial charge in [-0.05, 0) is 44.0 Å². The van der Waals surface area contributed by atoms with Gasteiger partial charge in [0.05, 0.1) is 5.92 Å². The van der Waals surface area contributed by atoms with Crippen molar-refractivity contribution in [2.24, 2.45) is 11.7 Å². The standard InChI is InChI=1S/C20H28ClN3O3/c1-20(22)9-3-2-4-17(20)19(26)24-12-10-23(11-13-24)18(25)14-27-16-7-5-15(21)6-8-16/h5-8,17H,2-4,9-14,22H2,1H3. The molecule has 1 saturated heterocycles. The Morgan fingerprint density at radius 2 is 1.78 bits per heavy atom. The van der Waals surface area contributed by atoms with Gasteiger partial charge in [0.25, 0.3) is 5.91 Å². The van der Waals surface area contributed by atoms with Gasteiger partial charge in [0, 0.05) is 36.7 Å². The summed E-state index contributed by atoms with van der Waals surface area (Å²) >= 11 is 5.84. The highest BCUT2D eigenvalue weighted by atomic mass is 35.5. The molecule has 1 aliphatic heterocycles. The fourth-order valence-corrected chi connectivity index (χ4v) is 4.05. The number of nitrogens with zero attached hydrogens (tertiary/aromatic N) is 2. The SMILES string of the molecule is CC1(N)CCCCC1C(=O)N1CCN(C(=O)COc2ccc(Cl)cc2)CC1. The number of carbonyl (C=O) groups excluding carboxylic acids is 2. The maximum atomic E-state index is 12.9. The lowest BCUT2D eigenvalue weighted by Gasteiger charge is -2.42. The van der Waals surface area contributed by atoms with Crippen LogP contribution < -0.4 is 10.5 Å². The van der Waals surface area contributed by atoms with E-state index in [0.717, 1.165) is 25.7 Å². The monoisotopic (exact) mass is 393 g/mol. The fourth-order valence-electron chi connectivity index (χ4n) is 3.93. The zero-order valence-electron chi connectivity index (χ0n) is 15.8. The molecule has 6 nitrogen and oxygen atoms in total. The minimum absolute atomic E-state index is 0.0148. The first kappa shape index (κ1) is 20.0. The van der Waals surface area contributed by atoms with Crippen molar-refractivity contribution < 1.29 is 14.3 Å². The molecule has 1 aromatic carbocycles. The van der Waals surface area contributed by atoms with E-state index in [2.05, 4.69) is 0 Å². The van der Waals surface area contributed by atoms with Crippen LogP contribution in [-0.4, -0.2) is 59.9 Å². The molecule has 1 aromatic rings. The minimum atomic E-state index is -0.422. The molecule has 7 heteroatoms. The number of halogens is 1. The number of hydrogen-bond acceptors (Lipinski definition) is 4. The number of hydrogen-bond donors (Lipinski definition) is 1. The summed E-state index contributed by atoms with van der Waals surface area (Å²) in [6.07, 6.45) is 3.90. The van der Waals surface area contributed by atoms with Crippen LogP contribution in [0, 0.1) is 5.92 Å². The number of piperazine rings is 1. The first-order valence-electron chi connectivity index (χ1n) is 9.60. The normalized spacial score (nSPS) is 26.0. The van der Waals surface area contributed by atoms with Crippen molar-refractivity contribution in [1.82, 2.24) is 9.80 Å². The van der Waals surface area contributed by atoms with E-state index in [1.54, 1.807) is 29.2 Å². The molecular formula is C20H28ClN3O3. The summed E-state index contributed by atoms with van der Waals surface area (Å²) in [5, 5.41) is 0.626. The molecule has 2 N–H and O–H groups in total. The Morgan fingerprint density at radius 1 is 1.15 bits per heavy atom. The summed E-state index contributed by atoms with van der Waals surface area (Å²) in [6, 6.07) is 6.92. The highest BCUT2D eigenvalue weighted by molar-refractivity contribution is 6.30. The van der Waals surface area contributed by atoms with Crippen molar-refractivity contribution >= 4 is 23.4 Å². The van der Waals surface area contributed by atoms with Gasteiger partial charge in [-0.1, -0.05) is 24.4 Å². The number of benzene rings is 1. The second-order valence-corrected chi connectivity index (χ2v) is 8.19. The van der Waals surface area contributed by atoms with E-state index in [1.807, 2.05) is 11.8 Å². The average molecular weight is 394 g/mol. The van der Waals surface area contributed by atoms with Gasteiger partial charge in [-0.15, -0.1) is 0 Å². The second kappa shape index (κ2) is 8.48. The maximum Gasteiger partial charge on any atom is 0.260 e. The topological polar surface area (TPSA) is 75.9 Å². The molecule has 2 aliphatic rings. The Hall–Kier alpha value is -1.79. The third kappa shape index (κ3) is 4.93. The van der Waals surface area contributed by atoms with Crippen LogP contribution in [0.4, 0.5) is 0 Å². The Kier molecular flexibility index (Phi) is 6.27. The largest absolute Gasteiger partial charge is 0.484 e. The summed E-state index contributed by atoms with van der Waals surface area (Å²) in [5.74, 6) is 0.574. The van der Waals surface area contributed by atoms with E-state index >= 15 is 0 Å². The molecule has 0 radical (unpaired) electrons. The molecule has 1 heterocycles. The number of amides is 2. The Labute approximate surface area is 165 Å². The van der Waals surface area contributed by atoms with E-state index in [1.165, 1.54) is 0 Å². The Bertz CT molecular complexity index is 670. The van der Waals surface area contributed by atoms with E-state index in [0.29, 0.717) is 37.0 Å². The summed E-state index contributed by atoms with van der Waals surface area (Å²) < 4.78 is 5.53. The summed E-state index contributed by atoms with van der Waals surface area (Å²) in [4.78, 5) is 28.9. The molecule has 27 heavy (non-hydrogen) atoms. The zero-order chi connectivity index (χ0) is 19.4. The Balaban J connectivity index is 1.47. The molecule has 0 spiro atoms. The first-order valence-corrected chi connectivity index (χ1v) is 9.98. The van der Waals surface area contributed by atoms with Crippen LogP contribution >= 0.6 is 11.6 Å². The molecule has 2 unspecified atom stereocenters. The molecule has 2 amide bonds. The van der Waals surface area contributed by atoms with Gasteiger partial charge in [0.1, 0.15) is 5.75 Å². The molecular weight excluding hydrogens is 366 g/mol. The Morgan fingerprint density at radius 3 is 2.41 bits per heavy atom. The van der Waals surface area contributed by atoms with Gasteiger partial charge in [-0.2, -0.15) is 0 Å². The summed E-state index contributed by atoms with van der Waals surface area (Å²) in [7, 11) is 0. The molecule has 1 aliphatic carbocycles. The summed E-state index contributed by atoms with van der Waals surface area (Å²) in [5.41, 5.74) is 5.95. The number of nitrogens with two attached hydrogens (primary N) is 1. The van der Waals surface area contributed by atoms with Crippen molar-refractivity contribution in [2.75, 3.05) is 32.8 Å². The number of carbonyl (C=O) groups is 2. The van der Waals surface area contributed by atoms with Crippen molar-refractivity contribution in [2.45, 2.75) is 38.1 Å². The molecule has 2 atom stereocenters. The molecule has 0 bridgehead atoms. The van der Waals surface area contributed by atoms with Gasteiger partial charge in [-0.3, -0.25) is 9.59 Å². The van der Waals surface area contributed by atoms with Gasteiger partial charge in [0.2, 0.25) is 5.91 Å². The highest BCUT2D eigenvalue weighted by Gasteiger charge is 2.40. The summed E-state index contributed by atoms with van der Waals surface area (Å²) in [6.45, 7) is 4.14. The molecule has 2 fully saturated rings.